The van der Waals surface area contributed by atoms with Crippen molar-refractivity contribution in [2.45, 2.75) is 32.0 Å². The molecule has 0 saturated heterocycles. The summed E-state index contributed by atoms with van der Waals surface area (Å²) in [6.07, 6.45) is -2.84. The molecule has 0 fully saturated rings. The third kappa shape index (κ3) is 4.66. The Morgan fingerprint density at radius 2 is 2.05 bits per heavy atom. The van der Waals surface area contributed by atoms with Crippen molar-refractivity contribution in [1.82, 2.24) is 5.32 Å². The highest BCUT2D eigenvalue weighted by molar-refractivity contribution is 9.10. The molecule has 1 rings (SSSR count). The molecule has 0 aliphatic heterocycles. The second-order valence-corrected chi connectivity index (χ2v) is 5.43. The Morgan fingerprint density at radius 3 is 2.53 bits per heavy atom. The van der Waals surface area contributed by atoms with Gasteiger partial charge in [-0.3, -0.25) is 0 Å². The Morgan fingerprint density at radius 1 is 1.42 bits per heavy atom. The summed E-state index contributed by atoms with van der Waals surface area (Å²) in [4.78, 5) is 0. The molecule has 1 atom stereocenters. The minimum absolute atomic E-state index is 0.0681. The zero-order valence-electron chi connectivity index (χ0n) is 10.9. The molecule has 1 unspecified atom stereocenters. The van der Waals surface area contributed by atoms with E-state index in [4.69, 9.17) is 0 Å². The fourth-order valence-electron chi connectivity index (χ4n) is 1.85. The molecule has 0 heterocycles. The maximum Gasteiger partial charge on any atom is 0.417 e. The molecule has 1 nitrogen and oxygen atoms in total. The van der Waals surface area contributed by atoms with Crippen molar-refractivity contribution in [2.24, 2.45) is 0 Å². The molecule has 1 N–H and O–H groups in total. The monoisotopic (exact) mass is 335 g/mol. The van der Waals surface area contributed by atoms with Gasteiger partial charge in [-0.15, -0.1) is 6.58 Å². The molecule has 1 aromatic carbocycles. The van der Waals surface area contributed by atoms with Gasteiger partial charge in [0.25, 0.3) is 0 Å². The molecule has 0 radical (unpaired) electrons. The summed E-state index contributed by atoms with van der Waals surface area (Å²) in [5.41, 5.74) is 1.02. The zero-order valence-corrected chi connectivity index (χ0v) is 12.5. The van der Waals surface area contributed by atoms with Crippen LogP contribution >= 0.6 is 15.9 Å². The molecule has 0 spiro atoms. The van der Waals surface area contributed by atoms with Gasteiger partial charge in [0.1, 0.15) is 0 Å². The molecule has 0 aliphatic carbocycles. The maximum atomic E-state index is 12.8. The molecule has 0 aliphatic rings. The first-order chi connectivity index (χ1) is 8.75. The predicted molar refractivity (Wildman–Crippen MR) is 75.0 cm³/mol. The van der Waals surface area contributed by atoms with Gasteiger partial charge < -0.3 is 5.32 Å². The van der Waals surface area contributed by atoms with Crippen LogP contribution in [0.3, 0.4) is 0 Å². The molecule has 106 valence electrons. The molecule has 19 heavy (non-hydrogen) atoms. The van der Waals surface area contributed by atoms with Crippen molar-refractivity contribution in [3.05, 3.63) is 46.0 Å². The van der Waals surface area contributed by atoms with Gasteiger partial charge in [-0.05, 0) is 44.5 Å². The highest BCUT2D eigenvalue weighted by Crippen LogP contribution is 2.36. The predicted octanol–water partition coefficient (Wildman–Crippen LogP) is 5.08. The molecular weight excluding hydrogens is 319 g/mol. The fraction of sp³-hybridized carbons (Fsp3) is 0.429. The number of nitrogens with one attached hydrogen (secondary N) is 1. The van der Waals surface area contributed by atoms with Crippen LogP contribution in [0.4, 0.5) is 13.2 Å². The summed E-state index contributed by atoms with van der Waals surface area (Å²) in [5, 5.41) is 3.05. The lowest BCUT2D eigenvalue weighted by atomic mass is 9.98. The quantitative estimate of drug-likeness (QED) is 0.739. The standard InChI is InChI=1S/C14H17BrF3N/c1-9(2)4-7-13(19-3)10-5-6-12(15)11(8-10)14(16,17)18/h5-6,8,13,19H,1,4,7H2,2-3H3. The Balaban J connectivity index is 3.02. The smallest absolute Gasteiger partial charge is 0.313 e. The van der Waals surface area contributed by atoms with Gasteiger partial charge in [-0.2, -0.15) is 13.2 Å². The number of halogens is 4. The maximum absolute atomic E-state index is 12.8. The van der Waals surface area contributed by atoms with E-state index in [0.29, 0.717) is 5.56 Å². The molecule has 0 bridgehead atoms. The van der Waals surface area contributed by atoms with Crippen LogP contribution in [0.2, 0.25) is 0 Å². The highest BCUT2D eigenvalue weighted by Gasteiger charge is 2.33. The normalized spacial score (nSPS) is 13.4. The second-order valence-electron chi connectivity index (χ2n) is 4.57. The van der Waals surface area contributed by atoms with Gasteiger partial charge in [0.05, 0.1) is 5.56 Å². The van der Waals surface area contributed by atoms with Crippen molar-refractivity contribution in [2.75, 3.05) is 7.05 Å². The summed E-state index contributed by atoms with van der Waals surface area (Å²) in [6, 6.07) is 4.25. The van der Waals surface area contributed by atoms with Crippen LogP contribution < -0.4 is 5.32 Å². The van der Waals surface area contributed by atoms with E-state index in [1.165, 1.54) is 12.1 Å². The number of hydrogen-bond donors (Lipinski definition) is 1. The Labute approximate surface area is 120 Å². The summed E-state index contributed by atoms with van der Waals surface area (Å²) < 4.78 is 38.6. The van der Waals surface area contributed by atoms with Crippen molar-refractivity contribution >= 4 is 15.9 Å². The van der Waals surface area contributed by atoms with Crippen LogP contribution in [0.1, 0.15) is 36.9 Å². The molecule has 0 amide bonds. The van der Waals surface area contributed by atoms with Crippen molar-refractivity contribution in [1.29, 1.82) is 0 Å². The first-order valence-electron chi connectivity index (χ1n) is 5.94. The van der Waals surface area contributed by atoms with E-state index in [0.717, 1.165) is 18.4 Å². The van der Waals surface area contributed by atoms with Gasteiger partial charge >= 0.3 is 6.18 Å². The van der Waals surface area contributed by atoms with E-state index in [9.17, 15) is 13.2 Å². The lowest BCUT2D eigenvalue weighted by Crippen LogP contribution is -2.17. The molecule has 0 saturated carbocycles. The van der Waals surface area contributed by atoms with Crippen LogP contribution in [0.15, 0.2) is 34.8 Å². The van der Waals surface area contributed by atoms with Gasteiger partial charge in [0, 0.05) is 10.5 Å². The molecule has 0 aromatic heterocycles. The first kappa shape index (κ1) is 16.2. The van der Waals surface area contributed by atoms with Gasteiger partial charge in [-0.25, -0.2) is 0 Å². The number of alkyl halides is 3. The van der Waals surface area contributed by atoms with E-state index < -0.39 is 11.7 Å². The van der Waals surface area contributed by atoms with E-state index in [1.54, 1.807) is 13.1 Å². The summed E-state index contributed by atoms with van der Waals surface area (Å²) >= 11 is 2.94. The average molecular weight is 336 g/mol. The Hall–Kier alpha value is -0.810. The third-order valence-corrected chi connectivity index (χ3v) is 3.60. The number of hydrogen-bond acceptors (Lipinski definition) is 1. The Kier molecular flexibility index (Phi) is 5.62. The van der Waals surface area contributed by atoms with Crippen molar-refractivity contribution < 1.29 is 13.2 Å². The van der Waals surface area contributed by atoms with E-state index in [1.807, 2.05) is 6.92 Å². The van der Waals surface area contributed by atoms with Gasteiger partial charge in [-0.1, -0.05) is 27.6 Å². The second kappa shape index (κ2) is 6.57. The van der Waals surface area contributed by atoms with E-state index in [2.05, 4.69) is 27.8 Å². The first-order valence-corrected chi connectivity index (χ1v) is 6.73. The third-order valence-electron chi connectivity index (χ3n) is 2.91. The van der Waals surface area contributed by atoms with Crippen LogP contribution in [-0.2, 0) is 6.18 Å². The van der Waals surface area contributed by atoms with Crippen molar-refractivity contribution in [3.63, 3.8) is 0 Å². The summed E-state index contributed by atoms with van der Waals surface area (Å²) in [5.74, 6) is 0. The lowest BCUT2D eigenvalue weighted by Gasteiger charge is -2.19. The van der Waals surface area contributed by atoms with E-state index in [-0.39, 0.29) is 10.5 Å². The lowest BCUT2D eigenvalue weighted by molar-refractivity contribution is -0.138. The highest BCUT2D eigenvalue weighted by atomic mass is 79.9. The average Bonchev–Trinajstić information content (AvgIpc) is 2.29. The largest absolute Gasteiger partial charge is 0.417 e. The SMILES string of the molecule is C=C(C)CCC(NC)c1ccc(Br)c(C(F)(F)F)c1. The summed E-state index contributed by atoms with van der Waals surface area (Å²) in [6.45, 7) is 5.72. The number of benzene rings is 1. The molecule has 1 aromatic rings. The van der Waals surface area contributed by atoms with Crippen LogP contribution in [-0.4, -0.2) is 7.05 Å². The van der Waals surface area contributed by atoms with Crippen molar-refractivity contribution in [3.8, 4) is 0 Å². The van der Waals surface area contributed by atoms with Crippen LogP contribution in [0.25, 0.3) is 0 Å². The van der Waals surface area contributed by atoms with Crippen LogP contribution in [0, 0.1) is 0 Å². The number of allylic oxidation sites excluding steroid dienone is 1. The van der Waals surface area contributed by atoms with E-state index >= 15 is 0 Å². The van der Waals surface area contributed by atoms with Gasteiger partial charge in [0.2, 0.25) is 0 Å². The minimum Gasteiger partial charge on any atom is -0.313 e. The molecule has 5 heteroatoms. The Bertz CT molecular complexity index is 454. The van der Waals surface area contributed by atoms with Gasteiger partial charge in [0.15, 0.2) is 0 Å². The molecular formula is C14H17BrF3N. The number of rotatable bonds is 5. The fourth-order valence-corrected chi connectivity index (χ4v) is 2.32. The summed E-state index contributed by atoms with van der Waals surface area (Å²) in [7, 11) is 1.75. The van der Waals surface area contributed by atoms with Crippen LogP contribution in [0.5, 0.6) is 0 Å². The minimum atomic E-state index is -4.35. The zero-order chi connectivity index (χ0) is 14.6. The topological polar surface area (TPSA) is 12.0 Å².